The zero-order chi connectivity index (χ0) is 24.2. The third-order valence-electron chi connectivity index (χ3n) is 6.30. The summed E-state index contributed by atoms with van der Waals surface area (Å²) in [6, 6.07) is 17.7. The van der Waals surface area contributed by atoms with E-state index < -0.39 is 5.97 Å². The normalized spacial score (nSPS) is 13.9. The number of para-hydroxylation sites is 1. The van der Waals surface area contributed by atoms with Crippen molar-refractivity contribution in [1.29, 1.82) is 0 Å². The zero-order valence-corrected chi connectivity index (χ0v) is 20.4. The van der Waals surface area contributed by atoms with Gasteiger partial charge in [0.2, 0.25) is 0 Å². The van der Waals surface area contributed by atoms with Crippen LogP contribution in [0.15, 0.2) is 64.8 Å². The smallest absolute Gasteiger partial charge is 0.343 e. The van der Waals surface area contributed by atoms with Crippen molar-refractivity contribution >= 4 is 28.2 Å². The molecule has 0 N–H and O–H groups in total. The van der Waals surface area contributed by atoms with E-state index in [-0.39, 0.29) is 5.56 Å². The summed E-state index contributed by atoms with van der Waals surface area (Å²) in [6.45, 7) is 2.91. The first-order valence-electron chi connectivity index (χ1n) is 11.7. The standard InChI is InChI=1S/C27H27N3O4S/c1-33-27(32)26-23-10-12-29(18-20-9-8-19-5-2-3-7-22(19)28-20)13-14-30(23)25(31)17-24(26)34-15-11-21-6-4-16-35-21/h2-9,16-17H,10-15,18H2,1H3. The summed E-state index contributed by atoms with van der Waals surface area (Å²) >= 11 is 1.66. The van der Waals surface area contributed by atoms with Crippen LogP contribution >= 0.6 is 11.3 Å². The van der Waals surface area contributed by atoms with E-state index in [0.29, 0.717) is 62.6 Å². The second kappa shape index (κ2) is 10.4. The Morgan fingerprint density at radius 2 is 1.97 bits per heavy atom. The van der Waals surface area contributed by atoms with E-state index in [1.807, 2.05) is 41.8 Å². The third kappa shape index (κ3) is 5.13. The highest BCUT2D eigenvalue weighted by Crippen LogP contribution is 2.25. The van der Waals surface area contributed by atoms with Gasteiger partial charge in [-0.3, -0.25) is 14.7 Å². The predicted molar refractivity (Wildman–Crippen MR) is 136 cm³/mol. The number of carbonyl (C=O) groups is 1. The minimum absolute atomic E-state index is 0.163. The van der Waals surface area contributed by atoms with E-state index in [2.05, 4.69) is 17.0 Å². The molecule has 4 aromatic rings. The highest BCUT2D eigenvalue weighted by atomic mass is 32.1. The Balaban J connectivity index is 1.36. The fourth-order valence-corrected chi connectivity index (χ4v) is 5.22. The van der Waals surface area contributed by atoms with Crippen molar-refractivity contribution in [3.63, 3.8) is 0 Å². The molecular weight excluding hydrogens is 462 g/mol. The number of aromatic nitrogens is 2. The number of fused-ring (bicyclic) bond motifs is 2. The summed E-state index contributed by atoms with van der Waals surface area (Å²) in [5.41, 5.74) is 2.81. The van der Waals surface area contributed by atoms with E-state index in [1.165, 1.54) is 18.1 Å². The molecule has 1 aliphatic heterocycles. The van der Waals surface area contributed by atoms with Crippen molar-refractivity contribution in [2.45, 2.75) is 25.9 Å². The molecular formula is C27H27N3O4S. The topological polar surface area (TPSA) is 73.7 Å². The lowest BCUT2D eigenvalue weighted by atomic mass is 10.1. The van der Waals surface area contributed by atoms with E-state index in [1.54, 1.807) is 15.9 Å². The van der Waals surface area contributed by atoms with Gasteiger partial charge in [-0.15, -0.1) is 11.3 Å². The fourth-order valence-electron chi connectivity index (χ4n) is 4.53. The molecule has 8 heteroatoms. The van der Waals surface area contributed by atoms with Crippen LogP contribution in [0.5, 0.6) is 5.75 Å². The minimum atomic E-state index is -0.482. The van der Waals surface area contributed by atoms with Gasteiger partial charge in [-0.1, -0.05) is 30.3 Å². The lowest BCUT2D eigenvalue weighted by Crippen LogP contribution is -2.29. The molecule has 5 rings (SSSR count). The monoisotopic (exact) mass is 489 g/mol. The predicted octanol–water partition coefficient (Wildman–Crippen LogP) is 3.92. The number of hydrogen-bond acceptors (Lipinski definition) is 7. The van der Waals surface area contributed by atoms with Crippen molar-refractivity contribution < 1.29 is 14.3 Å². The number of pyridine rings is 2. The quantitative estimate of drug-likeness (QED) is 0.367. The molecule has 3 aromatic heterocycles. The Hall–Kier alpha value is -3.49. The maximum atomic E-state index is 13.0. The van der Waals surface area contributed by atoms with Crippen LogP contribution in [-0.4, -0.2) is 47.2 Å². The summed E-state index contributed by atoms with van der Waals surface area (Å²) < 4.78 is 12.7. The zero-order valence-electron chi connectivity index (χ0n) is 19.6. The van der Waals surface area contributed by atoms with Crippen molar-refractivity contribution in [2.75, 3.05) is 26.8 Å². The van der Waals surface area contributed by atoms with Gasteiger partial charge >= 0.3 is 5.97 Å². The van der Waals surface area contributed by atoms with Gasteiger partial charge in [0.1, 0.15) is 11.3 Å². The van der Waals surface area contributed by atoms with Crippen LogP contribution in [0.3, 0.4) is 0 Å². The second-order valence-corrected chi connectivity index (χ2v) is 9.54. The van der Waals surface area contributed by atoms with Gasteiger partial charge in [0, 0.05) is 61.0 Å². The molecule has 35 heavy (non-hydrogen) atoms. The first-order valence-corrected chi connectivity index (χ1v) is 12.6. The second-order valence-electron chi connectivity index (χ2n) is 8.51. The SMILES string of the molecule is COC(=O)c1c(OCCc2cccs2)cc(=O)n2c1CCN(Cc1ccc3ccccc3n1)CC2. The third-order valence-corrected chi connectivity index (χ3v) is 7.24. The molecule has 0 atom stereocenters. The first kappa shape index (κ1) is 23.3. The number of benzene rings is 1. The van der Waals surface area contributed by atoms with Crippen molar-refractivity contribution in [2.24, 2.45) is 0 Å². The number of rotatable bonds is 7. The Labute approximate surface area is 207 Å². The van der Waals surface area contributed by atoms with E-state index in [4.69, 9.17) is 14.5 Å². The fraction of sp³-hybridized carbons (Fsp3) is 0.296. The van der Waals surface area contributed by atoms with Crippen molar-refractivity contribution in [3.05, 3.63) is 92.2 Å². The molecule has 0 radical (unpaired) electrons. The van der Waals surface area contributed by atoms with Crippen molar-refractivity contribution in [3.8, 4) is 5.75 Å². The van der Waals surface area contributed by atoms with Gasteiger partial charge in [0.05, 0.1) is 24.9 Å². The number of carbonyl (C=O) groups excluding carboxylic acids is 1. The van der Waals surface area contributed by atoms with Gasteiger partial charge in [0.15, 0.2) is 0 Å². The Morgan fingerprint density at radius 1 is 1.09 bits per heavy atom. The van der Waals surface area contributed by atoms with Gasteiger partial charge in [-0.05, 0) is 23.6 Å². The molecule has 180 valence electrons. The number of esters is 1. The Bertz CT molecular complexity index is 1400. The van der Waals surface area contributed by atoms with Crippen LogP contribution < -0.4 is 10.3 Å². The molecule has 0 spiro atoms. The molecule has 0 amide bonds. The molecule has 0 fully saturated rings. The number of hydrogen-bond donors (Lipinski definition) is 0. The molecule has 0 unspecified atom stereocenters. The molecule has 0 aliphatic carbocycles. The van der Waals surface area contributed by atoms with Crippen LogP contribution in [0.2, 0.25) is 0 Å². The molecule has 4 heterocycles. The maximum absolute atomic E-state index is 13.0. The minimum Gasteiger partial charge on any atom is -0.492 e. The molecule has 0 saturated heterocycles. The van der Waals surface area contributed by atoms with Crippen molar-refractivity contribution in [1.82, 2.24) is 14.5 Å². The summed E-state index contributed by atoms with van der Waals surface area (Å²) in [7, 11) is 1.36. The maximum Gasteiger partial charge on any atom is 0.343 e. The first-order chi connectivity index (χ1) is 17.1. The summed E-state index contributed by atoms with van der Waals surface area (Å²) in [4.78, 5) is 34.0. The highest BCUT2D eigenvalue weighted by Gasteiger charge is 2.26. The van der Waals surface area contributed by atoms with Gasteiger partial charge < -0.3 is 14.0 Å². The molecule has 0 saturated carbocycles. The number of nitrogens with zero attached hydrogens (tertiary/aromatic N) is 3. The van der Waals surface area contributed by atoms with E-state index in [9.17, 15) is 9.59 Å². The van der Waals surface area contributed by atoms with E-state index >= 15 is 0 Å². The van der Waals surface area contributed by atoms with Crippen LogP contribution in [0.1, 0.15) is 26.6 Å². The van der Waals surface area contributed by atoms with Crippen LogP contribution in [0, 0.1) is 0 Å². The number of methoxy groups -OCH3 is 1. The Morgan fingerprint density at radius 3 is 2.80 bits per heavy atom. The average Bonchev–Trinajstić information content (AvgIpc) is 3.30. The summed E-state index contributed by atoms with van der Waals surface area (Å²) in [5, 5.41) is 3.13. The number of ether oxygens (including phenoxy) is 2. The summed E-state index contributed by atoms with van der Waals surface area (Å²) in [6.07, 6.45) is 1.25. The van der Waals surface area contributed by atoms with E-state index in [0.717, 1.165) is 16.6 Å². The average molecular weight is 490 g/mol. The van der Waals surface area contributed by atoms with Gasteiger partial charge in [0.25, 0.3) is 5.56 Å². The summed E-state index contributed by atoms with van der Waals surface area (Å²) in [5.74, 6) is -0.182. The molecule has 0 bridgehead atoms. The molecule has 7 nitrogen and oxygen atoms in total. The van der Waals surface area contributed by atoms with Crippen LogP contribution in [-0.2, 0) is 30.7 Å². The highest BCUT2D eigenvalue weighted by molar-refractivity contribution is 7.09. The van der Waals surface area contributed by atoms with Gasteiger partial charge in [-0.2, -0.15) is 0 Å². The van der Waals surface area contributed by atoms with Crippen LogP contribution in [0.25, 0.3) is 10.9 Å². The lowest BCUT2D eigenvalue weighted by molar-refractivity contribution is 0.0593. The largest absolute Gasteiger partial charge is 0.492 e. The van der Waals surface area contributed by atoms with Gasteiger partial charge in [-0.25, -0.2) is 4.79 Å². The lowest BCUT2D eigenvalue weighted by Gasteiger charge is -2.19. The number of thiophene rings is 1. The Kier molecular flexibility index (Phi) is 6.92. The molecule has 1 aliphatic rings. The molecule has 1 aromatic carbocycles. The van der Waals surface area contributed by atoms with Crippen LogP contribution in [0.4, 0.5) is 0 Å².